The van der Waals surface area contributed by atoms with Crippen LogP contribution in [0.4, 0.5) is 8.78 Å². The van der Waals surface area contributed by atoms with Gasteiger partial charge in [0.25, 0.3) is 0 Å². The van der Waals surface area contributed by atoms with Crippen molar-refractivity contribution < 1.29 is 18.3 Å². The maximum absolute atomic E-state index is 14.7. The second-order valence-corrected chi connectivity index (χ2v) is 10.4. The Morgan fingerprint density at radius 1 is 0.906 bits per heavy atom. The van der Waals surface area contributed by atoms with Crippen LogP contribution in [0, 0.1) is 35.3 Å². The molecule has 0 aromatic heterocycles. The largest absolute Gasteiger partial charge is 0.490 e. The highest BCUT2D eigenvalue weighted by Gasteiger charge is 2.35. The molecule has 2 unspecified atom stereocenters. The van der Waals surface area contributed by atoms with E-state index in [9.17, 15) is 8.78 Å². The van der Waals surface area contributed by atoms with Gasteiger partial charge in [-0.2, -0.15) is 4.39 Å². The molecule has 0 radical (unpaired) electrons. The Kier molecular flexibility index (Phi) is 8.26. The smallest absolute Gasteiger partial charge is 0.200 e. The molecule has 4 rings (SSSR count). The quantitative estimate of drug-likeness (QED) is 0.398. The van der Waals surface area contributed by atoms with Crippen molar-refractivity contribution >= 4 is 0 Å². The van der Waals surface area contributed by atoms with Crippen LogP contribution in [-0.4, -0.2) is 19.3 Å². The van der Waals surface area contributed by atoms with E-state index in [0.29, 0.717) is 24.2 Å². The van der Waals surface area contributed by atoms with E-state index in [1.165, 1.54) is 38.5 Å². The van der Waals surface area contributed by atoms with Crippen LogP contribution in [-0.2, 0) is 4.74 Å². The molecule has 178 valence electrons. The summed E-state index contributed by atoms with van der Waals surface area (Å²) < 4.78 is 40.7. The van der Waals surface area contributed by atoms with Crippen molar-refractivity contribution in [1.82, 2.24) is 0 Å². The average Bonchev–Trinajstić information content (AvgIpc) is 2.85. The lowest BCUT2D eigenvalue weighted by Gasteiger charge is -2.41. The third-order valence-corrected chi connectivity index (χ3v) is 8.44. The predicted molar refractivity (Wildman–Crippen MR) is 125 cm³/mol. The van der Waals surface area contributed by atoms with E-state index >= 15 is 0 Å². The van der Waals surface area contributed by atoms with Gasteiger partial charge in [-0.25, -0.2) is 4.39 Å². The van der Waals surface area contributed by atoms with Crippen LogP contribution in [0.3, 0.4) is 0 Å². The summed E-state index contributed by atoms with van der Waals surface area (Å²) in [7, 11) is 0. The van der Waals surface area contributed by atoms with E-state index in [-0.39, 0.29) is 11.7 Å². The van der Waals surface area contributed by atoms with Crippen LogP contribution >= 0.6 is 0 Å². The molecule has 3 fully saturated rings. The summed E-state index contributed by atoms with van der Waals surface area (Å²) in [5.41, 5.74) is 0.542. The van der Waals surface area contributed by atoms with Gasteiger partial charge in [0.05, 0.1) is 19.3 Å². The van der Waals surface area contributed by atoms with E-state index in [1.807, 2.05) is 13.0 Å². The molecular weight excluding hydrogens is 406 g/mol. The first kappa shape index (κ1) is 23.7. The lowest BCUT2D eigenvalue weighted by molar-refractivity contribution is -0.0517. The Morgan fingerprint density at radius 3 is 2.16 bits per heavy atom. The van der Waals surface area contributed by atoms with Crippen molar-refractivity contribution in [2.75, 3.05) is 13.2 Å². The third kappa shape index (κ3) is 5.38. The van der Waals surface area contributed by atoms with Crippen LogP contribution in [0.25, 0.3) is 0 Å². The minimum absolute atomic E-state index is 0.0421. The summed E-state index contributed by atoms with van der Waals surface area (Å²) >= 11 is 0. The Hall–Kier alpha value is -1.42. The number of hydrogen-bond donors (Lipinski definition) is 0. The van der Waals surface area contributed by atoms with Gasteiger partial charge in [0.1, 0.15) is 0 Å². The second-order valence-electron chi connectivity index (χ2n) is 10.4. The lowest BCUT2D eigenvalue weighted by atomic mass is 9.67. The number of ether oxygens (including phenoxy) is 2. The molecule has 1 aromatic carbocycles. The highest BCUT2D eigenvalue weighted by atomic mass is 19.2. The first-order valence-electron chi connectivity index (χ1n) is 13.0. The van der Waals surface area contributed by atoms with Crippen LogP contribution in [0.1, 0.15) is 89.0 Å². The molecule has 1 aromatic rings. The number of halogens is 2. The molecule has 0 bridgehead atoms. The van der Waals surface area contributed by atoms with Crippen LogP contribution in [0.5, 0.6) is 5.75 Å². The topological polar surface area (TPSA) is 18.5 Å². The number of rotatable bonds is 7. The molecule has 2 nitrogen and oxygen atoms in total. The molecule has 0 N–H and O–H groups in total. The summed E-state index contributed by atoms with van der Waals surface area (Å²) in [4.78, 5) is 0. The second kappa shape index (κ2) is 11.1. The highest BCUT2D eigenvalue weighted by molar-refractivity contribution is 5.33. The zero-order valence-electron chi connectivity index (χ0n) is 19.7. The summed E-state index contributed by atoms with van der Waals surface area (Å²) in [6, 6.07) is 3.36. The van der Waals surface area contributed by atoms with Gasteiger partial charge in [-0.3, -0.25) is 0 Å². The zero-order valence-corrected chi connectivity index (χ0v) is 19.7. The SMILES string of the molecule is C=CC1CCC(C2CCC(C3CCC(c4ccc(OCCC)c(F)c4F)CC3)CC2)OC1. The monoisotopic (exact) mass is 446 g/mol. The molecular formula is C28H40F2O2. The van der Waals surface area contributed by atoms with Crippen LogP contribution in [0.2, 0.25) is 0 Å². The Balaban J connectivity index is 1.25. The van der Waals surface area contributed by atoms with Gasteiger partial charge in [-0.1, -0.05) is 19.1 Å². The van der Waals surface area contributed by atoms with Crippen molar-refractivity contribution in [3.63, 3.8) is 0 Å². The van der Waals surface area contributed by atoms with Gasteiger partial charge in [0.2, 0.25) is 5.82 Å². The standard InChI is InChI=1S/C28H40F2O2/c1-3-17-31-26-16-14-24(27(29)28(26)30)22-10-6-20(7-11-22)21-8-12-23(13-9-21)25-15-5-19(4-2)18-32-25/h4,14,16,19-23,25H,2-3,5-13,15,17-18H2,1H3. The molecule has 2 aliphatic carbocycles. The Bertz CT molecular complexity index is 740. The average molecular weight is 447 g/mol. The van der Waals surface area contributed by atoms with Gasteiger partial charge in [-0.05, 0) is 106 Å². The summed E-state index contributed by atoms with van der Waals surface area (Å²) in [5.74, 6) is 1.45. The van der Waals surface area contributed by atoms with Gasteiger partial charge >= 0.3 is 0 Å². The molecule has 0 amide bonds. The molecule has 0 spiro atoms. The summed E-state index contributed by atoms with van der Waals surface area (Å²) in [6.45, 7) is 7.12. The van der Waals surface area contributed by atoms with Crippen LogP contribution < -0.4 is 4.74 Å². The molecule has 32 heavy (non-hydrogen) atoms. The van der Waals surface area contributed by atoms with Crippen molar-refractivity contribution in [1.29, 1.82) is 0 Å². The Labute approximate surface area is 192 Å². The van der Waals surface area contributed by atoms with Crippen molar-refractivity contribution in [2.45, 2.75) is 89.6 Å². The van der Waals surface area contributed by atoms with E-state index in [4.69, 9.17) is 9.47 Å². The summed E-state index contributed by atoms with van der Waals surface area (Å²) in [5, 5.41) is 0. The zero-order chi connectivity index (χ0) is 22.5. The van der Waals surface area contributed by atoms with Gasteiger partial charge in [0, 0.05) is 5.92 Å². The molecule has 2 saturated carbocycles. The maximum atomic E-state index is 14.7. The van der Waals surface area contributed by atoms with Gasteiger partial charge in [-0.15, -0.1) is 6.58 Å². The molecule has 2 atom stereocenters. The maximum Gasteiger partial charge on any atom is 0.200 e. The molecule has 4 heteroatoms. The van der Waals surface area contributed by atoms with E-state index in [2.05, 4.69) is 6.58 Å². The van der Waals surface area contributed by atoms with Crippen molar-refractivity contribution in [2.24, 2.45) is 23.7 Å². The predicted octanol–water partition coefficient (Wildman–Crippen LogP) is 7.82. The lowest BCUT2D eigenvalue weighted by Crippen LogP contribution is -2.35. The Morgan fingerprint density at radius 2 is 1.56 bits per heavy atom. The van der Waals surface area contributed by atoms with E-state index < -0.39 is 11.6 Å². The minimum Gasteiger partial charge on any atom is -0.490 e. The first-order valence-corrected chi connectivity index (χ1v) is 13.0. The third-order valence-electron chi connectivity index (χ3n) is 8.44. The van der Waals surface area contributed by atoms with Gasteiger partial charge in [0.15, 0.2) is 11.6 Å². The number of hydrogen-bond acceptors (Lipinski definition) is 2. The summed E-state index contributed by atoms with van der Waals surface area (Å²) in [6.07, 6.45) is 15.0. The molecule has 1 heterocycles. The van der Waals surface area contributed by atoms with E-state index in [0.717, 1.165) is 56.5 Å². The fourth-order valence-electron chi connectivity index (χ4n) is 6.43. The fourth-order valence-corrected chi connectivity index (χ4v) is 6.43. The molecule has 3 aliphatic rings. The van der Waals surface area contributed by atoms with E-state index in [1.54, 1.807) is 12.1 Å². The molecule has 1 saturated heterocycles. The minimum atomic E-state index is -0.819. The normalized spacial score (nSPS) is 33.6. The van der Waals surface area contributed by atoms with Crippen molar-refractivity contribution in [3.8, 4) is 5.75 Å². The molecule has 1 aliphatic heterocycles. The van der Waals surface area contributed by atoms with Crippen molar-refractivity contribution in [3.05, 3.63) is 42.0 Å². The highest BCUT2D eigenvalue weighted by Crippen LogP contribution is 2.46. The van der Waals surface area contributed by atoms with Crippen LogP contribution in [0.15, 0.2) is 24.8 Å². The van der Waals surface area contributed by atoms with Gasteiger partial charge < -0.3 is 9.47 Å². The first-order chi connectivity index (χ1) is 15.6. The number of benzene rings is 1. The fraction of sp³-hybridized carbons (Fsp3) is 0.714.